The van der Waals surface area contributed by atoms with E-state index in [4.69, 9.17) is 22.3 Å². The van der Waals surface area contributed by atoms with E-state index in [-0.39, 0.29) is 24.0 Å². The summed E-state index contributed by atoms with van der Waals surface area (Å²) < 4.78 is 23.0. The molecule has 1 heterocycles. The molecular formula is C12H12BrCl2NO3S. The SMILES string of the molecule is Cc1cc(Cl)cc(Br)c1N1CC(CS(=O)(=O)Cl)CC1=O. The van der Waals surface area contributed by atoms with Gasteiger partial charge in [-0.25, -0.2) is 8.42 Å². The summed E-state index contributed by atoms with van der Waals surface area (Å²) >= 11 is 9.35. The number of nitrogens with zero attached hydrogens (tertiary/aromatic N) is 1. The summed E-state index contributed by atoms with van der Waals surface area (Å²) in [5, 5.41) is 0.574. The molecule has 1 aromatic rings. The van der Waals surface area contributed by atoms with E-state index in [0.29, 0.717) is 16.0 Å². The Labute approximate surface area is 135 Å². The molecule has 1 aromatic carbocycles. The first-order chi connectivity index (χ1) is 9.17. The van der Waals surface area contributed by atoms with Crippen molar-refractivity contribution in [3.05, 3.63) is 27.2 Å². The zero-order valence-corrected chi connectivity index (χ0v) is 14.5. The normalized spacial score (nSPS) is 19.7. The molecule has 0 saturated carbocycles. The van der Waals surface area contributed by atoms with Crippen LogP contribution in [0.5, 0.6) is 0 Å². The summed E-state index contributed by atoms with van der Waals surface area (Å²) in [7, 11) is 1.65. The molecule has 1 amide bonds. The summed E-state index contributed by atoms with van der Waals surface area (Å²) in [4.78, 5) is 13.7. The second kappa shape index (κ2) is 5.83. The van der Waals surface area contributed by atoms with Crippen molar-refractivity contribution in [2.75, 3.05) is 17.2 Å². The quantitative estimate of drug-likeness (QED) is 0.731. The Morgan fingerprint density at radius 3 is 2.65 bits per heavy atom. The molecule has 0 bridgehead atoms. The molecule has 1 aliphatic heterocycles. The van der Waals surface area contributed by atoms with Gasteiger partial charge in [0, 0.05) is 39.1 Å². The van der Waals surface area contributed by atoms with Crippen LogP contribution in [0.15, 0.2) is 16.6 Å². The number of hydrogen-bond acceptors (Lipinski definition) is 3. The number of benzene rings is 1. The monoisotopic (exact) mass is 399 g/mol. The molecule has 0 spiro atoms. The molecule has 20 heavy (non-hydrogen) atoms. The van der Waals surface area contributed by atoms with Gasteiger partial charge in [-0.3, -0.25) is 4.79 Å². The van der Waals surface area contributed by atoms with Crippen LogP contribution in [0.25, 0.3) is 0 Å². The molecule has 110 valence electrons. The maximum atomic E-state index is 12.1. The van der Waals surface area contributed by atoms with Crippen molar-refractivity contribution in [2.24, 2.45) is 5.92 Å². The van der Waals surface area contributed by atoms with Crippen LogP contribution < -0.4 is 4.90 Å². The van der Waals surface area contributed by atoms with E-state index in [1.54, 1.807) is 17.0 Å². The van der Waals surface area contributed by atoms with E-state index in [2.05, 4.69) is 15.9 Å². The second-order valence-electron chi connectivity index (χ2n) is 4.83. The lowest BCUT2D eigenvalue weighted by atomic mass is 10.1. The molecular weight excluding hydrogens is 389 g/mol. The van der Waals surface area contributed by atoms with E-state index in [0.717, 1.165) is 11.3 Å². The number of halogens is 3. The van der Waals surface area contributed by atoms with Gasteiger partial charge in [0.05, 0.1) is 11.4 Å². The van der Waals surface area contributed by atoms with Gasteiger partial charge in [-0.05, 0) is 40.5 Å². The average Bonchev–Trinajstić information content (AvgIpc) is 2.55. The van der Waals surface area contributed by atoms with Crippen molar-refractivity contribution in [3.8, 4) is 0 Å². The van der Waals surface area contributed by atoms with Gasteiger partial charge in [0.2, 0.25) is 15.0 Å². The number of amides is 1. The Kier molecular flexibility index (Phi) is 4.69. The Bertz CT molecular complexity index is 640. The number of rotatable bonds is 3. The Hall–Kier alpha value is -0.300. The molecule has 0 N–H and O–H groups in total. The first-order valence-electron chi connectivity index (χ1n) is 5.85. The van der Waals surface area contributed by atoms with Crippen LogP contribution in [0.1, 0.15) is 12.0 Å². The second-order valence-corrected chi connectivity index (χ2v) is 8.95. The van der Waals surface area contributed by atoms with Gasteiger partial charge >= 0.3 is 0 Å². The third-order valence-electron chi connectivity index (χ3n) is 3.13. The van der Waals surface area contributed by atoms with Crippen molar-refractivity contribution in [3.63, 3.8) is 0 Å². The van der Waals surface area contributed by atoms with E-state index in [1.807, 2.05) is 6.92 Å². The molecule has 8 heteroatoms. The van der Waals surface area contributed by atoms with Gasteiger partial charge in [-0.1, -0.05) is 11.6 Å². The third kappa shape index (κ3) is 3.67. The van der Waals surface area contributed by atoms with Gasteiger partial charge in [-0.2, -0.15) is 0 Å². The smallest absolute Gasteiger partial charge is 0.232 e. The van der Waals surface area contributed by atoms with Gasteiger partial charge in [-0.15, -0.1) is 0 Å². The summed E-state index contributed by atoms with van der Waals surface area (Å²) in [5.41, 5.74) is 1.58. The molecule has 1 unspecified atom stereocenters. The summed E-state index contributed by atoms with van der Waals surface area (Å²) in [5.74, 6) is -0.588. The summed E-state index contributed by atoms with van der Waals surface area (Å²) in [6.07, 6.45) is 0.181. The zero-order chi connectivity index (χ0) is 15.1. The van der Waals surface area contributed by atoms with Crippen LogP contribution >= 0.6 is 38.2 Å². The first-order valence-corrected chi connectivity index (χ1v) is 9.50. The van der Waals surface area contributed by atoms with Crippen LogP contribution in [-0.4, -0.2) is 26.6 Å². The Morgan fingerprint density at radius 1 is 1.45 bits per heavy atom. The van der Waals surface area contributed by atoms with Crippen LogP contribution in [0.2, 0.25) is 5.02 Å². The first kappa shape index (κ1) is 16.1. The molecule has 2 rings (SSSR count). The Morgan fingerprint density at radius 2 is 2.10 bits per heavy atom. The molecule has 4 nitrogen and oxygen atoms in total. The fourth-order valence-corrected chi connectivity index (χ4v) is 4.93. The lowest BCUT2D eigenvalue weighted by molar-refractivity contribution is -0.117. The van der Waals surface area contributed by atoms with E-state index in [9.17, 15) is 13.2 Å². The van der Waals surface area contributed by atoms with E-state index in [1.165, 1.54) is 0 Å². The molecule has 1 saturated heterocycles. The van der Waals surface area contributed by atoms with Crippen molar-refractivity contribution in [1.29, 1.82) is 0 Å². The fraction of sp³-hybridized carbons (Fsp3) is 0.417. The van der Waals surface area contributed by atoms with Gasteiger partial charge in [0.25, 0.3) is 0 Å². The highest BCUT2D eigenvalue weighted by Gasteiger charge is 2.34. The number of aryl methyl sites for hydroxylation is 1. The molecule has 0 aromatic heterocycles. The summed E-state index contributed by atoms with van der Waals surface area (Å²) in [6.45, 7) is 2.19. The fourth-order valence-electron chi connectivity index (χ4n) is 2.43. The minimum Gasteiger partial charge on any atom is -0.311 e. The van der Waals surface area contributed by atoms with Crippen molar-refractivity contribution < 1.29 is 13.2 Å². The van der Waals surface area contributed by atoms with E-state index >= 15 is 0 Å². The van der Waals surface area contributed by atoms with Gasteiger partial charge in [0.15, 0.2) is 0 Å². The van der Waals surface area contributed by atoms with Crippen LogP contribution in [0.4, 0.5) is 5.69 Å². The van der Waals surface area contributed by atoms with Crippen LogP contribution in [-0.2, 0) is 13.8 Å². The minimum absolute atomic E-state index is 0.110. The maximum Gasteiger partial charge on any atom is 0.232 e. The number of anilines is 1. The predicted molar refractivity (Wildman–Crippen MR) is 84.0 cm³/mol. The van der Waals surface area contributed by atoms with Gasteiger partial charge in [0.1, 0.15) is 0 Å². The van der Waals surface area contributed by atoms with E-state index < -0.39 is 9.05 Å². The highest BCUT2D eigenvalue weighted by molar-refractivity contribution is 9.10. The lowest BCUT2D eigenvalue weighted by Crippen LogP contribution is -2.26. The van der Waals surface area contributed by atoms with Crippen LogP contribution in [0.3, 0.4) is 0 Å². The maximum absolute atomic E-state index is 12.1. The molecule has 1 aliphatic rings. The standard InChI is InChI=1S/C12H12BrCl2NO3S/c1-7-2-9(14)4-10(13)12(7)16-5-8(3-11(16)17)6-20(15,18)19/h2,4,8H,3,5-6H2,1H3. The van der Waals surface area contributed by atoms with Gasteiger partial charge < -0.3 is 4.90 Å². The van der Waals surface area contributed by atoms with Crippen molar-refractivity contribution in [1.82, 2.24) is 0 Å². The predicted octanol–water partition coefficient (Wildman–Crippen LogP) is 3.33. The zero-order valence-electron chi connectivity index (χ0n) is 10.6. The van der Waals surface area contributed by atoms with Crippen LogP contribution in [0, 0.1) is 12.8 Å². The number of carbonyl (C=O) groups excluding carboxylic acids is 1. The summed E-state index contributed by atoms with van der Waals surface area (Å²) in [6, 6.07) is 3.48. The average molecular weight is 401 g/mol. The molecule has 1 fully saturated rings. The highest BCUT2D eigenvalue weighted by atomic mass is 79.9. The minimum atomic E-state index is -3.60. The molecule has 0 radical (unpaired) electrons. The largest absolute Gasteiger partial charge is 0.311 e. The number of hydrogen-bond donors (Lipinski definition) is 0. The highest BCUT2D eigenvalue weighted by Crippen LogP contribution is 2.36. The number of carbonyl (C=O) groups is 1. The topological polar surface area (TPSA) is 54.5 Å². The molecule has 0 aliphatic carbocycles. The van der Waals surface area contributed by atoms with Crippen molar-refractivity contribution in [2.45, 2.75) is 13.3 Å². The Balaban J connectivity index is 2.29. The lowest BCUT2D eigenvalue weighted by Gasteiger charge is -2.21. The molecule has 1 atom stereocenters. The third-order valence-corrected chi connectivity index (χ3v) is 5.20. The van der Waals surface area contributed by atoms with Crippen molar-refractivity contribution >= 4 is 58.9 Å².